The monoisotopic (exact) mass is 466 g/mol. The summed E-state index contributed by atoms with van der Waals surface area (Å²) in [6, 6.07) is 13.8. The molecule has 5 nitrogen and oxygen atoms in total. The summed E-state index contributed by atoms with van der Waals surface area (Å²) in [6.45, 7) is 4.41. The molecule has 1 atom stereocenters. The lowest BCUT2D eigenvalue weighted by Crippen LogP contribution is -2.49. The molecule has 0 unspecified atom stereocenters. The van der Waals surface area contributed by atoms with Gasteiger partial charge in [-0.05, 0) is 55.3 Å². The lowest BCUT2D eigenvalue weighted by Gasteiger charge is -2.28. The first kappa shape index (κ1) is 22.2. The van der Waals surface area contributed by atoms with E-state index in [9.17, 15) is 9.59 Å². The van der Waals surface area contributed by atoms with Crippen molar-refractivity contribution in [1.82, 2.24) is 10.2 Å². The molecule has 0 saturated carbocycles. The van der Waals surface area contributed by atoms with Crippen molar-refractivity contribution < 1.29 is 14.3 Å². The fourth-order valence-electron chi connectivity index (χ4n) is 2.52. The molecule has 2 rings (SSSR count). The number of nitrogens with zero attached hydrogens (tertiary/aromatic N) is 1. The largest absolute Gasteiger partial charge is 0.484 e. The summed E-state index contributed by atoms with van der Waals surface area (Å²) in [5.41, 5.74) is 0.886. The number of carbonyl (C=O) groups is 2. The van der Waals surface area contributed by atoms with Crippen molar-refractivity contribution in [3.05, 3.63) is 63.6 Å². The number of hydrogen-bond donors (Lipinski definition) is 1. The molecule has 0 radical (unpaired) electrons. The zero-order valence-electron chi connectivity index (χ0n) is 16.0. The summed E-state index contributed by atoms with van der Waals surface area (Å²) in [4.78, 5) is 26.8. The van der Waals surface area contributed by atoms with Gasteiger partial charge >= 0.3 is 0 Å². The van der Waals surface area contributed by atoms with Gasteiger partial charge in [-0.3, -0.25) is 9.59 Å². The number of hydrogen-bond acceptors (Lipinski definition) is 3. The van der Waals surface area contributed by atoms with Gasteiger partial charge in [-0.2, -0.15) is 0 Å². The van der Waals surface area contributed by atoms with E-state index in [2.05, 4.69) is 21.2 Å². The minimum Gasteiger partial charge on any atom is -0.484 e. The fraction of sp³-hybridized carbons (Fsp3) is 0.333. The first-order valence-corrected chi connectivity index (χ1v) is 10.3. The molecule has 0 aliphatic heterocycles. The highest BCUT2D eigenvalue weighted by molar-refractivity contribution is 9.10. The van der Waals surface area contributed by atoms with E-state index in [-0.39, 0.29) is 18.4 Å². The molecule has 28 heavy (non-hydrogen) atoms. The topological polar surface area (TPSA) is 58.6 Å². The number of amides is 2. The van der Waals surface area contributed by atoms with Gasteiger partial charge in [0.15, 0.2) is 6.61 Å². The second kappa shape index (κ2) is 11.1. The van der Waals surface area contributed by atoms with E-state index in [1.807, 2.05) is 31.2 Å². The molecule has 0 heterocycles. The maximum Gasteiger partial charge on any atom is 0.261 e. The summed E-state index contributed by atoms with van der Waals surface area (Å²) < 4.78 is 6.53. The molecule has 0 spiro atoms. The van der Waals surface area contributed by atoms with Gasteiger partial charge in [0.1, 0.15) is 11.8 Å². The van der Waals surface area contributed by atoms with Crippen LogP contribution in [0.3, 0.4) is 0 Å². The Bertz CT molecular complexity index is 781. The fourth-order valence-corrected chi connectivity index (χ4v) is 2.91. The van der Waals surface area contributed by atoms with Crippen molar-refractivity contribution in [2.24, 2.45) is 0 Å². The molecular formula is C21H24BrClN2O3. The highest BCUT2D eigenvalue weighted by Gasteiger charge is 2.26. The average Bonchev–Trinajstić information content (AvgIpc) is 2.70. The van der Waals surface area contributed by atoms with Crippen LogP contribution < -0.4 is 10.1 Å². The van der Waals surface area contributed by atoms with Gasteiger partial charge in [0.05, 0.1) is 0 Å². The molecule has 0 aliphatic carbocycles. The van der Waals surface area contributed by atoms with Crippen molar-refractivity contribution in [1.29, 1.82) is 0 Å². The minimum absolute atomic E-state index is 0.152. The molecule has 2 amide bonds. The van der Waals surface area contributed by atoms with Crippen LogP contribution in [0.2, 0.25) is 5.02 Å². The number of rotatable bonds is 9. The summed E-state index contributed by atoms with van der Waals surface area (Å²) in [5, 5.41) is 3.46. The van der Waals surface area contributed by atoms with E-state index in [0.29, 0.717) is 23.9 Å². The number of benzene rings is 2. The number of carbonyl (C=O) groups excluding carboxylic acids is 2. The van der Waals surface area contributed by atoms with Crippen LogP contribution in [0, 0.1) is 0 Å². The first-order chi connectivity index (χ1) is 13.4. The summed E-state index contributed by atoms with van der Waals surface area (Å²) in [6.07, 6.45) is 0.830. The third-order valence-electron chi connectivity index (χ3n) is 4.16. The van der Waals surface area contributed by atoms with Crippen LogP contribution in [0.4, 0.5) is 0 Å². The van der Waals surface area contributed by atoms with Gasteiger partial charge < -0.3 is 15.0 Å². The van der Waals surface area contributed by atoms with Crippen molar-refractivity contribution >= 4 is 39.3 Å². The normalized spacial score (nSPS) is 11.6. The molecule has 1 N–H and O–H groups in total. The number of nitrogens with one attached hydrogen (secondary N) is 1. The van der Waals surface area contributed by atoms with E-state index in [4.69, 9.17) is 16.3 Å². The van der Waals surface area contributed by atoms with E-state index in [1.54, 1.807) is 31.2 Å². The van der Waals surface area contributed by atoms with Gasteiger partial charge in [0.25, 0.3) is 5.91 Å². The lowest BCUT2D eigenvalue weighted by atomic mass is 10.1. The Labute approximate surface area is 179 Å². The highest BCUT2D eigenvalue weighted by Crippen LogP contribution is 2.17. The molecule has 2 aromatic rings. The molecule has 0 aliphatic rings. The predicted octanol–water partition coefficient (Wildman–Crippen LogP) is 4.42. The van der Waals surface area contributed by atoms with Crippen LogP contribution in [-0.4, -0.2) is 35.9 Å². The highest BCUT2D eigenvalue weighted by atomic mass is 79.9. The Morgan fingerprint density at radius 1 is 1.14 bits per heavy atom. The maximum absolute atomic E-state index is 12.9. The first-order valence-electron chi connectivity index (χ1n) is 9.10. The Balaban J connectivity index is 2.10. The quantitative estimate of drug-likeness (QED) is 0.594. The molecular weight excluding hydrogens is 444 g/mol. The lowest BCUT2D eigenvalue weighted by molar-refractivity contribution is -0.142. The Morgan fingerprint density at radius 3 is 2.39 bits per heavy atom. The smallest absolute Gasteiger partial charge is 0.261 e. The van der Waals surface area contributed by atoms with Crippen molar-refractivity contribution in [3.63, 3.8) is 0 Å². The Hall–Kier alpha value is -2.05. The van der Waals surface area contributed by atoms with Crippen molar-refractivity contribution in [3.8, 4) is 5.75 Å². The molecule has 0 fully saturated rings. The van der Waals surface area contributed by atoms with E-state index in [1.165, 1.54) is 4.90 Å². The number of halogens is 2. The van der Waals surface area contributed by atoms with Crippen LogP contribution in [0.5, 0.6) is 5.75 Å². The summed E-state index contributed by atoms with van der Waals surface area (Å²) in [7, 11) is 0. The second-order valence-corrected chi connectivity index (χ2v) is 7.71. The van der Waals surface area contributed by atoms with E-state index in [0.717, 1.165) is 16.5 Å². The zero-order chi connectivity index (χ0) is 20.5. The van der Waals surface area contributed by atoms with Crippen LogP contribution in [0.25, 0.3) is 0 Å². The zero-order valence-corrected chi connectivity index (χ0v) is 18.3. The van der Waals surface area contributed by atoms with E-state index < -0.39 is 6.04 Å². The standard InChI is InChI=1S/C21H24BrClN2O3/c1-3-12-24-21(27)15(2)25(13-16-4-8-18(23)9-5-16)20(26)14-28-19-10-6-17(22)7-11-19/h4-11,15H,3,12-14H2,1-2H3,(H,24,27)/t15-/m1/s1. The molecule has 0 aromatic heterocycles. The molecule has 2 aromatic carbocycles. The van der Waals surface area contributed by atoms with Crippen LogP contribution in [-0.2, 0) is 16.1 Å². The van der Waals surface area contributed by atoms with Crippen LogP contribution >= 0.6 is 27.5 Å². The van der Waals surface area contributed by atoms with Crippen LogP contribution in [0.1, 0.15) is 25.8 Å². The maximum atomic E-state index is 12.9. The van der Waals surface area contributed by atoms with E-state index >= 15 is 0 Å². The van der Waals surface area contributed by atoms with Gasteiger partial charge in [0, 0.05) is 22.6 Å². The van der Waals surface area contributed by atoms with Crippen molar-refractivity contribution in [2.75, 3.05) is 13.2 Å². The summed E-state index contributed by atoms with van der Waals surface area (Å²) in [5.74, 6) is 0.135. The Morgan fingerprint density at radius 2 is 1.79 bits per heavy atom. The molecule has 0 saturated heterocycles. The molecule has 150 valence electrons. The third kappa shape index (κ3) is 6.84. The van der Waals surface area contributed by atoms with Gasteiger partial charge in [0.2, 0.25) is 5.91 Å². The predicted molar refractivity (Wildman–Crippen MR) is 114 cm³/mol. The van der Waals surface area contributed by atoms with Crippen LogP contribution in [0.15, 0.2) is 53.0 Å². The third-order valence-corrected chi connectivity index (χ3v) is 4.94. The van der Waals surface area contributed by atoms with Gasteiger partial charge in [-0.15, -0.1) is 0 Å². The molecule has 7 heteroatoms. The summed E-state index contributed by atoms with van der Waals surface area (Å²) >= 11 is 9.30. The van der Waals surface area contributed by atoms with Crippen molar-refractivity contribution in [2.45, 2.75) is 32.9 Å². The van der Waals surface area contributed by atoms with Gasteiger partial charge in [-0.25, -0.2) is 0 Å². The molecule has 0 bridgehead atoms. The van der Waals surface area contributed by atoms with Gasteiger partial charge in [-0.1, -0.05) is 46.6 Å². The Kier molecular flexibility index (Phi) is 8.80. The number of ether oxygens (including phenoxy) is 1. The second-order valence-electron chi connectivity index (χ2n) is 6.36. The minimum atomic E-state index is -0.622. The average molecular weight is 468 g/mol. The SMILES string of the molecule is CCCNC(=O)[C@@H](C)N(Cc1ccc(Cl)cc1)C(=O)COc1ccc(Br)cc1.